The number of carbonyl (C=O) groups is 1. The van der Waals surface area contributed by atoms with Gasteiger partial charge in [-0.05, 0) is 38.7 Å². The van der Waals surface area contributed by atoms with Gasteiger partial charge in [-0.15, -0.1) is 0 Å². The Bertz CT molecular complexity index is 558. The molecule has 0 bridgehead atoms. The summed E-state index contributed by atoms with van der Waals surface area (Å²) in [6, 6.07) is 2.28. The summed E-state index contributed by atoms with van der Waals surface area (Å²) in [6.45, 7) is 7.61. The average molecular weight is 318 g/mol. The average Bonchev–Trinajstić information content (AvgIpc) is 2.61. The highest BCUT2D eigenvalue weighted by molar-refractivity contribution is 5.92. The SMILES string of the molecule is CCC1CCCCN1c1nc(C)cc(C(=O)N2CCOCC2)n1. The third-order valence-electron chi connectivity index (χ3n) is 4.72. The van der Waals surface area contributed by atoms with Crippen molar-refractivity contribution in [2.75, 3.05) is 37.7 Å². The normalized spacial score (nSPS) is 22.3. The Morgan fingerprint density at radius 2 is 2.04 bits per heavy atom. The molecule has 1 unspecified atom stereocenters. The van der Waals surface area contributed by atoms with E-state index in [2.05, 4.69) is 21.8 Å². The molecule has 6 nitrogen and oxygen atoms in total. The van der Waals surface area contributed by atoms with Gasteiger partial charge in [0.15, 0.2) is 0 Å². The van der Waals surface area contributed by atoms with Crippen LogP contribution in [0.3, 0.4) is 0 Å². The molecule has 0 saturated carbocycles. The van der Waals surface area contributed by atoms with Crippen molar-refractivity contribution in [3.8, 4) is 0 Å². The summed E-state index contributed by atoms with van der Waals surface area (Å²) in [5.41, 5.74) is 1.36. The molecule has 3 heterocycles. The van der Waals surface area contributed by atoms with E-state index in [0.29, 0.717) is 44.0 Å². The van der Waals surface area contributed by atoms with Gasteiger partial charge in [-0.25, -0.2) is 9.97 Å². The molecule has 2 aliphatic rings. The molecular formula is C17H26N4O2. The van der Waals surface area contributed by atoms with Crippen molar-refractivity contribution in [1.82, 2.24) is 14.9 Å². The summed E-state index contributed by atoms with van der Waals surface area (Å²) in [7, 11) is 0. The molecule has 3 rings (SSSR count). The number of hydrogen-bond donors (Lipinski definition) is 0. The zero-order valence-corrected chi connectivity index (χ0v) is 14.1. The van der Waals surface area contributed by atoms with E-state index >= 15 is 0 Å². The second kappa shape index (κ2) is 7.25. The lowest BCUT2D eigenvalue weighted by Crippen LogP contribution is -2.42. The van der Waals surface area contributed by atoms with Crippen molar-refractivity contribution in [1.29, 1.82) is 0 Å². The topological polar surface area (TPSA) is 58.6 Å². The van der Waals surface area contributed by atoms with Crippen LogP contribution in [0.1, 0.15) is 48.8 Å². The van der Waals surface area contributed by atoms with Crippen molar-refractivity contribution < 1.29 is 9.53 Å². The van der Waals surface area contributed by atoms with Crippen molar-refractivity contribution in [2.24, 2.45) is 0 Å². The number of nitrogens with zero attached hydrogens (tertiary/aromatic N) is 4. The third kappa shape index (κ3) is 3.63. The van der Waals surface area contributed by atoms with E-state index in [1.807, 2.05) is 11.8 Å². The summed E-state index contributed by atoms with van der Waals surface area (Å²) in [4.78, 5) is 26.0. The Labute approximate surface area is 137 Å². The summed E-state index contributed by atoms with van der Waals surface area (Å²) >= 11 is 0. The Morgan fingerprint density at radius 1 is 1.26 bits per heavy atom. The van der Waals surface area contributed by atoms with Crippen LogP contribution in [0.5, 0.6) is 0 Å². The minimum atomic E-state index is -0.00916. The Morgan fingerprint density at radius 3 is 2.78 bits per heavy atom. The van der Waals surface area contributed by atoms with Gasteiger partial charge in [-0.2, -0.15) is 0 Å². The Kier molecular flexibility index (Phi) is 5.10. The number of amides is 1. The molecule has 1 aromatic heterocycles. The van der Waals surface area contributed by atoms with Crippen LogP contribution in [-0.2, 0) is 4.74 Å². The van der Waals surface area contributed by atoms with Gasteiger partial charge >= 0.3 is 0 Å². The summed E-state index contributed by atoms with van der Waals surface area (Å²) in [5.74, 6) is 0.707. The molecular weight excluding hydrogens is 292 g/mol. The van der Waals surface area contributed by atoms with Gasteiger partial charge in [0, 0.05) is 31.4 Å². The number of anilines is 1. The fraction of sp³-hybridized carbons (Fsp3) is 0.706. The fourth-order valence-corrected chi connectivity index (χ4v) is 3.41. The maximum atomic E-state index is 12.7. The first kappa shape index (κ1) is 16.2. The fourth-order valence-electron chi connectivity index (χ4n) is 3.41. The maximum Gasteiger partial charge on any atom is 0.272 e. The smallest absolute Gasteiger partial charge is 0.272 e. The van der Waals surface area contributed by atoms with Crippen LogP contribution in [0.2, 0.25) is 0 Å². The predicted octanol–water partition coefficient (Wildman–Crippen LogP) is 2.03. The molecule has 23 heavy (non-hydrogen) atoms. The first-order valence-electron chi connectivity index (χ1n) is 8.68. The van der Waals surface area contributed by atoms with Gasteiger partial charge in [0.05, 0.1) is 13.2 Å². The Hall–Kier alpha value is -1.69. The molecule has 126 valence electrons. The number of rotatable bonds is 3. The van der Waals surface area contributed by atoms with Gasteiger partial charge in [0.25, 0.3) is 5.91 Å². The summed E-state index contributed by atoms with van der Waals surface area (Å²) in [5, 5.41) is 0. The Balaban J connectivity index is 1.84. The molecule has 2 fully saturated rings. The predicted molar refractivity (Wildman–Crippen MR) is 88.8 cm³/mol. The number of hydrogen-bond acceptors (Lipinski definition) is 5. The van der Waals surface area contributed by atoms with Crippen molar-refractivity contribution in [3.05, 3.63) is 17.5 Å². The van der Waals surface area contributed by atoms with Gasteiger partial charge in [0.1, 0.15) is 5.69 Å². The molecule has 2 aliphatic heterocycles. The lowest BCUT2D eigenvalue weighted by atomic mass is 10.0. The van der Waals surface area contributed by atoms with Gasteiger partial charge < -0.3 is 14.5 Å². The number of aryl methyl sites for hydroxylation is 1. The summed E-state index contributed by atoms with van der Waals surface area (Å²) < 4.78 is 5.32. The van der Waals surface area contributed by atoms with Crippen molar-refractivity contribution >= 4 is 11.9 Å². The first-order valence-corrected chi connectivity index (χ1v) is 8.68. The summed E-state index contributed by atoms with van der Waals surface area (Å²) in [6.07, 6.45) is 4.70. The van der Waals surface area contributed by atoms with Crippen LogP contribution in [-0.4, -0.2) is 59.7 Å². The van der Waals surface area contributed by atoms with Crippen LogP contribution >= 0.6 is 0 Å². The van der Waals surface area contributed by atoms with E-state index in [4.69, 9.17) is 4.74 Å². The maximum absolute atomic E-state index is 12.7. The number of carbonyl (C=O) groups excluding carboxylic acids is 1. The van der Waals surface area contributed by atoms with Crippen LogP contribution in [0, 0.1) is 6.92 Å². The van der Waals surface area contributed by atoms with E-state index in [-0.39, 0.29) is 5.91 Å². The zero-order chi connectivity index (χ0) is 16.2. The lowest BCUT2D eigenvalue weighted by molar-refractivity contribution is 0.0299. The van der Waals surface area contributed by atoms with Crippen LogP contribution in [0.15, 0.2) is 6.07 Å². The molecule has 0 N–H and O–H groups in total. The molecule has 1 aromatic rings. The second-order valence-corrected chi connectivity index (χ2v) is 6.35. The quantitative estimate of drug-likeness (QED) is 0.853. The van der Waals surface area contributed by atoms with Crippen molar-refractivity contribution in [3.63, 3.8) is 0 Å². The van der Waals surface area contributed by atoms with E-state index in [9.17, 15) is 4.79 Å². The van der Waals surface area contributed by atoms with E-state index in [1.54, 1.807) is 6.07 Å². The van der Waals surface area contributed by atoms with Gasteiger partial charge in [0.2, 0.25) is 5.95 Å². The lowest BCUT2D eigenvalue weighted by Gasteiger charge is -2.35. The number of piperidine rings is 1. The van der Waals surface area contributed by atoms with E-state index < -0.39 is 0 Å². The number of aromatic nitrogens is 2. The van der Waals surface area contributed by atoms with Gasteiger partial charge in [-0.1, -0.05) is 6.92 Å². The molecule has 0 aliphatic carbocycles. The molecule has 1 atom stereocenters. The molecule has 6 heteroatoms. The highest BCUT2D eigenvalue weighted by Gasteiger charge is 2.26. The van der Waals surface area contributed by atoms with E-state index in [0.717, 1.165) is 18.7 Å². The number of morpholine rings is 1. The molecule has 0 radical (unpaired) electrons. The zero-order valence-electron chi connectivity index (χ0n) is 14.1. The van der Waals surface area contributed by atoms with Gasteiger partial charge in [-0.3, -0.25) is 4.79 Å². The third-order valence-corrected chi connectivity index (χ3v) is 4.72. The first-order chi connectivity index (χ1) is 11.2. The van der Waals surface area contributed by atoms with Crippen LogP contribution in [0.25, 0.3) is 0 Å². The largest absolute Gasteiger partial charge is 0.378 e. The molecule has 0 spiro atoms. The minimum Gasteiger partial charge on any atom is -0.378 e. The van der Waals surface area contributed by atoms with Crippen LogP contribution < -0.4 is 4.90 Å². The molecule has 2 saturated heterocycles. The van der Waals surface area contributed by atoms with E-state index in [1.165, 1.54) is 19.3 Å². The molecule has 1 amide bonds. The molecule has 0 aromatic carbocycles. The standard InChI is InChI=1S/C17H26N4O2/c1-3-14-6-4-5-7-21(14)17-18-13(2)12-15(19-17)16(22)20-8-10-23-11-9-20/h12,14H,3-11H2,1-2H3. The van der Waals surface area contributed by atoms with Crippen LogP contribution in [0.4, 0.5) is 5.95 Å². The number of ether oxygens (including phenoxy) is 1. The van der Waals surface area contributed by atoms with Crippen molar-refractivity contribution in [2.45, 2.75) is 45.6 Å². The second-order valence-electron chi connectivity index (χ2n) is 6.35. The highest BCUT2D eigenvalue weighted by atomic mass is 16.5. The monoisotopic (exact) mass is 318 g/mol. The highest BCUT2D eigenvalue weighted by Crippen LogP contribution is 2.24. The minimum absolute atomic E-state index is 0.00916.